The first-order valence-corrected chi connectivity index (χ1v) is 7.13. The number of carbonyl (C=O) groups excluding carboxylic acids is 2. The van der Waals surface area contributed by atoms with Crippen LogP contribution in [0.3, 0.4) is 0 Å². The first-order valence-electron chi connectivity index (χ1n) is 7.13. The van der Waals surface area contributed by atoms with Crippen LogP contribution >= 0.6 is 0 Å². The van der Waals surface area contributed by atoms with Crippen molar-refractivity contribution in [2.75, 3.05) is 18.4 Å². The van der Waals surface area contributed by atoms with Crippen molar-refractivity contribution in [3.63, 3.8) is 0 Å². The zero-order valence-corrected chi connectivity index (χ0v) is 11.9. The topological polar surface area (TPSA) is 92.4 Å². The summed E-state index contributed by atoms with van der Waals surface area (Å²) in [5.41, 5.74) is 7.02. The highest BCUT2D eigenvalue weighted by molar-refractivity contribution is 6.31. The number of benzene rings is 2. The minimum atomic E-state index is -0.329. The van der Waals surface area contributed by atoms with E-state index in [2.05, 4.69) is 5.32 Å². The van der Waals surface area contributed by atoms with Crippen molar-refractivity contribution >= 4 is 17.3 Å². The van der Waals surface area contributed by atoms with Gasteiger partial charge in [-0.2, -0.15) is 0 Å². The van der Waals surface area contributed by atoms with Crippen molar-refractivity contribution in [2.45, 2.75) is 6.42 Å². The summed E-state index contributed by atoms with van der Waals surface area (Å²) < 4.78 is 0. The predicted molar refractivity (Wildman–Crippen MR) is 83.6 cm³/mol. The van der Waals surface area contributed by atoms with Crippen molar-refractivity contribution in [1.82, 2.24) is 0 Å². The maximum atomic E-state index is 12.7. The lowest BCUT2D eigenvalue weighted by Crippen LogP contribution is -2.23. The van der Waals surface area contributed by atoms with E-state index in [1.54, 1.807) is 30.3 Å². The quantitative estimate of drug-likeness (QED) is 0.505. The molecule has 0 aliphatic heterocycles. The van der Waals surface area contributed by atoms with Gasteiger partial charge in [0.25, 0.3) is 0 Å². The number of phenolic OH excluding ortho intramolecular Hbond substituents is 1. The van der Waals surface area contributed by atoms with Crippen LogP contribution in [0, 0.1) is 0 Å². The summed E-state index contributed by atoms with van der Waals surface area (Å²) in [5.74, 6) is -0.756. The van der Waals surface area contributed by atoms with Crippen LogP contribution in [0.25, 0.3) is 0 Å². The lowest BCUT2D eigenvalue weighted by molar-refractivity contribution is 0.0977. The average Bonchev–Trinajstić information content (AvgIpc) is 2.54. The van der Waals surface area contributed by atoms with Crippen molar-refractivity contribution < 1.29 is 14.7 Å². The molecular weight excluding hydrogens is 280 g/mol. The Balaban J connectivity index is 2.14. The molecule has 0 amide bonds. The van der Waals surface area contributed by atoms with Crippen LogP contribution in [-0.4, -0.2) is 29.8 Å². The number of hydrogen-bond donors (Lipinski definition) is 3. The van der Waals surface area contributed by atoms with E-state index in [0.29, 0.717) is 29.9 Å². The summed E-state index contributed by atoms with van der Waals surface area (Å²) in [6.45, 7) is 1.12. The maximum Gasteiger partial charge on any atom is 0.198 e. The Bertz CT molecular complexity index is 768. The number of phenols is 1. The Morgan fingerprint density at radius 2 is 1.59 bits per heavy atom. The molecule has 0 radical (unpaired) electrons. The smallest absolute Gasteiger partial charge is 0.198 e. The standard InChI is InChI=1S/C17H16N2O3/c18-8-3-9-19-12-6-7-13(20)15-14(12)16(21)10-4-1-2-5-11(10)17(15)22/h1-2,4-7,19-20H,3,8-9,18H2. The number of nitrogens with two attached hydrogens (primary N) is 1. The highest BCUT2D eigenvalue weighted by Crippen LogP contribution is 2.36. The molecule has 3 rings (SSSR count). The second-order valence-corrected chi connectivity index (χ2v) is 5.16. The Morgan fingerprint density at radius 1 is 0.955 bits per heavy atom. The summed E-state index contributed by atoms with van der Waals surface area (Å²) in [7, 11) is 0. The Hall–Kier alpha value is -2.66. The normalized spacial score (nSPS) is 12.8. The van der Waals surface area contributed by atoms with Crippen LogP contribution in [0.1, 0.15) is 38.3 Å². The molecule has 2 aromatic rings. The molecule has 0 saturated heterocycles. The molecule has 22 heavy (non-hydrogen) atoms. The first kappa shape index (κ1) is 14.3. The molecule has 1 aliphatic carbocycles. The first-order chi connectivity index (χ1) is 10.6. The summed E-state index contributed by atoms with van der Waals surface area (Å²) in [6, 6.07) is 9.71. The molecule has 4 N–H and O–H groups in total. The van der Waals surface area contributed by atoms with Gasteiger partial charge in [0.15, 0.2) is 11.6 Å². The zero-order chi connectivity index (χ0) is 15.7. The van der Waals surface area contributed by atoms with Gasteiger partial charge in [-0.15, -0.1) is 0 Å². The molecule has 5 nitrogen and oxygen atoms in total. The largest absolute Gasteiger partial charge is 0.507 e. The van der Waals surface area contributed by atoms with Gasteiger partial charge in [-0.1, -0.05) is 24.3 Å². The number of ketones is 2. The molecule has 5 heteroatoms. The highest BCUT2D eigenvalue weighted by Gasteiger charge is 2.33. The van der Waals surface area contributed by atoms with Gasteiger partial charge in [0.1, 0.15) is 5.75 Å². The van der Waals surface area contributed by atoms with Crippen molar-refractivity contribution in [1.29, 1.82) is 0 Å². The molecule has 2 aromatic carbocycles. The van der Waals surface area contributed by atoms with Gasteiger partial charge in [-0.25, -0.2) is 0 Å². The zero-order valence-electron chi connectivity index (χ0n) is 11.9. The van der Waals surface area contributed by atoms with E-state index in [0.717, 1.165) is 6.42 Å². The van der Waals surface area contributed by atoms with Gasteiger partial charge in [-0.05, 0) is 25.1 Å². The van der Waals surface area contributed by atoms with Crippen LogP contribution in [0.2, 0.25) is 0 Å². The van der Waals surface area contributed by atoms with Crippen LogP contribution in [0.5, 0.6) is 5.75 Å². The van der Waals surface area contributed by atoms with E-state index in [9.17, 15) is 14.7 Å². The molecule has 112 valence electrons. The molecule has 0 spiro atoms. The predicted octanol–water partition coefficient (Wildman–Crippen LogP) is 1.93. The lowest BCUT2D eigenvalue weighted by atomic mass is 9.82. The SMILES string of the molecule is NCCCNc1ccc(O)c2c1C(=O)c1ccccc1C2=O. The molecular formula is C17H16N2O3. The number of rotatable bonds is 4. The fourth-order valence-electron chi connectivity index (χ4n) is 2.68. The summed E-state index contributed by atoms with van der Waals surface area (Å²) in [5, 5.41) is 13.2. The highest BCUT2D eigenvalue weighted by atomic mass is 16.3. The number of carbonyl (C=O) groups is 2. The van der Waals surface area contributed by atoms with Crippen LogP contribution in [0.4, 0.5) is 5.69 Å². The van der Waals surface area contributed by atoms with Gasteiger partial charge in [0.05, 0.1) is 11.1 Å². The fourth-order valence-corrected chi connectivity index (χ4v) is 2.68. The van der Waals surface area contributed by atoms with Gasteiger partial charge in [0.2, 0.25) is 0 Å². The van der Waals surface area contributed by atoms with Crippen molar-refractivity contribution in [2.24, 2.45) is 5.73 Å². The Morgan fingerprint density at radius 3 is 2.23 bits per heavy atom. The van der Waals surface area contributed by atoms with E-state index >= 15 is 0 Å². The number of fused-ring (bicyclic) bond motifs is 2. The van der Waals surface area contributed by atoms with E-state index in [4.69, 9.17) is 5.73 Å². The Labute approximate surface area is 127 Å². The Kier molecular flexibility index (Phi) is 3.65. The van der Waals surface area contributed by atoms with Crippen molar-refractivity contribution in [3.8, 4) is 5.75 Å². The van der Waals surface area contributed by atoms with E-state index in [1.165, 1.54) is 6.07 Å². The molecule has 0 atom stereocenters. The minimum absolute atomic E-state index is 0.0708. The third-order valence-electron chi connectivity index (χ3n) is 3.75. The van der Waals surface area contributed by atoms with Crippen LogP contribution < -0.4 is 11.1 Å². The molecule has 0 bridgehead atoms. The van der Waals surface area contributed by atoms with E-state index in [-0.39, 0.29) is 28.4 Å². The molecule has 0 saturated carbocycles. The number of anilines is 1. The average molecular weight is 296 g/mol. The van der Waals surface area contributed by atoms with Crippen LogP contribution in [-0.2, 0) is 0 Å². The lowest BCUT2D eigenvalue weighted by Gasteiger charge is -2.21. The fraction of sp³-hybridized carbons (Fsp3) is 0.176. The molecule has 1 aliphatic rings. The van der Waals surface area contributed by atoms with E-state index in [1.807, 2.05) is 0 Å². The summed E-state index contributed by atoms with van der Waals surface area (Å²) in [4.78, 5) is 25.3. The monoisotopic (exact) mass is 296 g/mol. The second-order valence-electron chi connectivity index (χ2n) is 5.16. The van der Waals surface area contributed by atoms with Gasteiger partial charge in [0, 0.05) is 23.4 Å². The third-order valence-corrected chi connectivity index (χ3v) is 3.75. The van der Waals surface area contributed by atoms with Gasteiger partial charge in [-0.3, -0.25) is 9.59 Å². The molecule has 0 aromatic heterocycles. The third kappa shape index (κ3) is 2.16. The summed E-state index contributed by atoms with van der Waals surface area (Å²) in [6.07, 6.45) is 0.744. The molecule has 0 unspecified atom stereocenters. The summed E-state index contributed by atoms with van der Waals surface area (Å²) >= 11 is 0. The van der Waals surface area contributed by atoms with Gasteiger partial charge >= 0.3 is 0 Å². The van der Waals surface area contributed by atoms with Crippen LogP contribution in [0.15, 0.2) is 36.4 Å². The number of aromatic hydroxyl groups is 1. The second kappa shape index (κ2) is 5.61. The number of hydrogen-bond acceptors (Lipinski definition) is 5. The van der Waals surface area contributed by atoms with Crippen molar-refractivity contribution in [3.05, 3.63) is 58.7 Å². The minimum Gasteiger partial charge on any atom is -0.507 e. The maximum absolute atomic E-state index is 12.7. The van der Waals surface area contributed by atoms with E-state index < -0.39 is 0 Å². The number of nitrogens with one attached hydrogen (secondary N) is 1. The molecule has 0 heterocycles. The molecule has 0 fully saturated rings. The van der Waals surface area contributed by atoms with Gasteiger partial charge < -0.3 is 16.2 Å².